The van der Waals surface area contributed by atoms with E-state index in [1.807, 2.05) is 79.7 Å². The number of nitrogens with zero attached hydrogens (tertiary/aromatic N) is 3. The Labute approximate surface area is 268 Å². The van der Waals surface area contributed by atoms with Crippen LogP contribution in [0.4, 0.5) is 5.69 Å². The molecule has 1 heterocycles. The van der Waals surface area contributed by atoms with Gasteiger partial charge in [-0.05, 0) is 73.3 Å². The second-order valence-corrected chi connectivity index (χ2v) is 11.4. The van der Waals surface area contributed by atoms with Crippen LogP contribution in [-0.2, 0) is 32.5 Å². The molecule has 8 heteroatoms. The minimum absolute atomic E-state index is 0. The van der Waals surface area contributed by atoms with Crippen LogP contribution >= 0.6 is 11.6 Å². The second-order valence-electron chi connectivity index (χ2n) is 11.0. The van der Waals surface area contributed by atoms with Crippen LogP contribution in [0.2, 0.25) is 5.02 Å². The topological polar surface area (TPSA) is 84.1 Å². The molecule has 1 aliphatic heterocycles. The normalized spacial score (nSPS) is 17.8. The van der Waals surface area contributed by atoms with Crippen molar-refractivity contribution in [3.8, 4) is 0 Å². The van der Waals surface area contributed by atoms with E-state index in [1.54, 1.807) is 18.2 Å². The smallest absolute Gasteiger partial charge is 0.305 e. The number of fused-ring (bicyclic) bond motifs is 1. The first-order valence-corrected chi connectivity index (χ1v) is 14.8. The van der Waals surface area contributed by atoms with Gasteiger partial charge >= 0.3 is 5.97 Å². The van der Waals surface area contributed by atoms with E-state index in [1.165, 1.54) is 0 Å². The van der Waals surface area contributed by atoms with Crippen molar-refractivity contribution in [3.63, 3.8) is 0 Å². The summed E-state index contributed by atoms with van der Waals surface area (Å²) >= 11 is 6.52. The van der Waals surface area contributed by atoms with Crippen LogP contribution in [0.1, 0.15) is 49.8 Å². The molecule has 0 aromatic heterocycles. The van der Waals surface area contributed by atoms with Crippen molar-refractivity contribution < 1.29 is 31.2 Å². The first-order chi connectivity index (χ1) is 20.3. The predicted octanol–water partition coefficient (Wildman–Crippen LogP) is 7.82. The summed E-state index contributed by atoms with van der Waals surface area (Å²) in [5.74, 6) is -1.13. The van der Waals surface area contributed by atoms with Crippen LogP contribution in [0.3, 0.4) is 0 Å². The standard InChI is InChI=1S/C35H36ClN3O3.Ni/c1-3-39-20-10-19-35(39,2)34(42)38-31-18-17-27(36)22-30(31)33(25-12-5-4-6-13-25)37-28(23-32(40)41)21-26-15-9-14-24-11-7-8-16-29(24)26;/h4-9,11-18,22,28H,3,10,19-21,23H2,1-2H3,(H2,37,38,40,41,42);/p-1/t28-,35-;/m1./s1. The van der Waals surface area contributed by atoms with Gasteiger partial charge in [0.15, 0.2) is 0 Å². The maximum absolute atomic E-state index is 13.7. The number of carboxylic acid groups (broad SMARTS) is 1. The van der Waals surface area contributed by atoms with Crippen molar-refractivity contribution >= 4 is 45.6 Å². The third-order valence-electron chi connectivity index (χ3n) is 8.17. The molecule has 1 N–H and O–H groups in total. The Kier molecular flexibility index (Phi) is 10.8. The summed E-state index contributed by atoms with van der Waals surface area (Å²) in [4.78, 5) is 33.0. The van der Waals surface area contributed by atoms with Gasteiger partial charge in [-0.1, -0.05) is 97.4 Å². The largest absolute Gasteiger partial charge is 0.625 e. The summed E-state index contributed by atoms with van der Waals surface area (Å²) in [6.07, 6.45) is 1.97. The van der Waals surface area contributed by atoms with Gasteiger partial charge in [0.05, 0.1) is 29.6 Å². The number of carboxylic acids is 1. The summed E-state index contributed by atoms with van der Waals surface area (Å²) < 4.78 is 0. The maximum atomic E-state index is 13.7. The summed E-state index contributed by atoms with van der Waals surface area (Å²) in [5.41, 5.74) is 2.76. The molecular weight excluding hydrogens is 605 g/mol. The van der Waals surface area contributed by atoms with E-state index in [0.717, 1.165) is 47.8 Å². The molecule has 2 atom stereocenters. The molecule has 0 radical (unpaired) electrons. The SMILES string of the molecule is CCN1CCC[C@]1(C)C(=O)[N-]c1ccc(Cl)cc1C(=N[C@@H](CC(=O)O)Cc1cccc2ccccc12)c1ccccc1.[Ni]. The molecule has 4 aromatic carbocycles. The van der Waals surface area contributed by atoms with Crippen molar-refractivity contribution in [1.29, 1.82) is 0 Å². The number of likely N-dealkylation sites (N-methyl/N-ethyl adjacent to an activating group) is 1. The van der Waals surface area contributed by atoms with E-state index in [9.17, 15) is 14.7 Å². The zero-order valence-electron chi connectivity index (χ0n) is 24.3. The van der Waals surface area contributed by atoms with Crippen molar-refractivity contribution in [1.82, 2.24) is 4.90 Å². The second kappa shape index (κ2) is 14.3. The predicted molar refractivity (Wildman–Crippen MR) is 170 cm³/mol. The molecule has 43 heavy (non-hydrogen) atoms. The zero-order valence-corrected chi connectivity index (χ0v) is 26.0. The third-order valence-corrected chi connectivity index (χ3v) is 8.41. The monoisotopic (exact) mass is 638 g/mol. The van der Waals surface area contributed by atoms with Crippen molar-refractivity contribution in [2.45, 2.75) is 51.1 Å². The van der Waals surface area contributed by atoms with E-state index in [2.05, 4.69) is 17.1 Å². The Morgan fingerprint density at radius 2 is 1.74 bits per heavy atom. The van der Waals surface area contributed by atoms with Crippen molar-refractivity contribution in [3.05, 3.63) is 118 Å². The third kappa shape index (κ3) is 7.35. The van der Waals surface area contributed by atoms with Crippen molar-refractivity contribution in [2.24, 2.45) is 4.99 Å². The van der Waals surface area contributed by atoms with Crippen LogP contribution in [0.15, 0.2) is 96.0 Å². The number of aliphatic carboxylic acids is 1. The fraction of sp³-hybridized carbons (Fsp3) is 0.286. The van der Waals surface area contributed by atoms with E-state index < -0.39 is 17.6 Å². The van der Waals surface area contributed by atoms with Gasteiger partial charge in [0, 0.05) is 27.1 Å². The number of likely N-dealkylation sites (tertiary alicyclic amines) is 1. The molecule has 0 bridgehead atoms. The molecule has 0 unspecified atom stereocenters. The number of halogens is 1. The van der Waals surface area contributed by atoms with Gasteiger partial charge < -0.3 is 15.2 Å². The van der Waals surface area contributed by atoms with Crippen LogP contribution in [0.5, 0.6) is 0 Å². The summed E-state index contributed by atoms with van der Waals surface area (Å²) in [6, 6.07) is 28.4. The Morgan fingerprint density at radius 1 is 1.02 bits per heavy atom. The zero-order chi connectivity index (χ0) is 29.7. The summed E-state index contributed by atoms with van der Waals surface area (Å²) in [6.45, 7) is 5.66. The molecule has 1 amide bonds. The quantitative estimate of drug-likeness (QED) is 0.142. The van der Waals surface area contributed by atoms with Gasteiger partial charge in [-0.15, -0.1) is 5.69 Å². The number of aliphatic imine (C=N–C) groups is 1. The summed E-state index contributed by atoms with van der Waals surface area (Å²) in [7, 11) is 0. The number of benzene rings is 4. The average Bonchev–Trinajstić information content (AvgIpc) is 3.39. The van der Waals surface area contributed by atoms with E-state index in [0.29, 0.717) is 28.4 Å². The van der Waals surface area contributed by atoms with E-state index in [-0.39, 0.29) is 28.8 Å². The Balaban J connectivity index is 0.00000423. The fourth-order valence-electron chi connectivity index (χ4n) is 5.96. The van der Waals surface area contributed by atoms with Crippen LogP contribution < -0.4 is 0 Å². The number of carbonyl (C=O) groups excluding carboxylic acids is 1. The van der Waals surface area contributed by atoms with Gasteiger partial charge in [0.1, 0.15) is 0 Å². The minimum atomic E-state index is -0.934. The first kappa shape index (κ1) is 32.4. The van der Waals surface area contributed by atoms with Crippen LogP contribution in [-0.4, -0.2) is 52.3 Å². The molecule has 4 aromatic rings. The Morgan fingerprint density at radius 3 is 2.49 bits per heavy atom. The molecule has 0 aliphatic carbocycles. The fourth-order valence-corrected chi connectivity index (χ4v) is 6.13. The van der Waals surface area contributed by atoms with E-state index in [4.69, 9.17) is 16.6 Å². The first-order valence-electron chi connectivity index (χ1n) is 14.4. The van der Waals surface area contributed by atoms with Gasteiger partial charge in [-0.2, -0.15) is 0 Å². The van der Waals surface area contributed by atoms with Crippen molar-refractivity contribution in [2.75, 3.05) is 13.1 Å². The number of hydrogen-bond donors (Lipinski definition) is 1. The molecule has 0 spiro atoms. The molecule has 1 fully saturated rings. The molecule has 1 saturated heterocycles. The number of hydrogen-bond acceptors (Lipinski definition) is 4. The van der Waals surface area contributed by atoms with Crippen LogP contribution in [0.25, 0.3) is 16.1 Å². The molecular formula is C35H35ClN3NiO3-. The number of rotatable bonds is 10. The molecule has 5 rings (SSSR count). The van der Waals surface area contributed by atoms with Gasteiger partial charge in [-0.3, -0.25) is 14.7 Å². The van der Waals surface area contributed by atoms with Gasteiger partial charge in [-0.25, -0.2) is 0 Å². The van der Waals surface area contributed by atoms with Crippen LogP contribution in [0, 0.1) is 0 Å². The molecule has 6 nitrogen and oxygen atoms in total. The summed E-state index contributed by atoms with van der Waals surface area (Å²) in [5, 5.41) is 17.2. The molecule has 1 aliphatic rings. The Hall–Kier alpha value is -3.51. The van der Waals surface area contributed by atoms with Gasteiger partial charge in [0.2, 0.25) is 0 Å². The average molecular weight is 640 g/mol. The number of amides is 1. The Bertz CT molecular complexity index is 1620. The minimum Gasteiger partial charge on any atom is -0.625 e. The van der Waals surface area contributed by atoms with Gasteiger partial charge in [0.25, 0.3) is 0 Å². The maximum Gasteiger partial charge on any atom is 0.305 e. The molecule has 226 valence electrons. The van der Waals surface area contributed by atoms with E-state index >= 15 is 0 Å². The number of carbonyl (C=O) groups is 2. The molecule has 0 saturated carbocycles.